The van der Waals surface area contributed by atoms with E-state index < -0.39 is 11.8 Å². The van der Waals surface area contributed by atoms with Gasteiger partial charge < -0.3 is 0 Å². The van der Waals surface area contributed by atoms with E-state index in [2.05, 4.69) is 9.78 Å². The van der Waals surface area contributed by atoms with Crippen molar-refractivity contribution in [3.8, 4) is 5.75 Å². The molecule has 0 heterocycles. The first-order valence-electron chi connectivity index (χ1n) is 3.96. The fourth-order valence-corrected chi connectivity index (χ4v) is 0.892. The monoisotopic (exact) mass is 218 g/mol. The Labute approximate surface area is 85.3 Å². The molecule has 0 aliphatic carbocycles. The third-order valence-electron chi connectivity index (χ3n) is 1.41. The van der Waals surface area contributed by atoms with Gasteiger partial charge in [-0.2, -0.15) is 0 Å². The van der Waals surface area contributed by atoms with Crippen LogP contribution in [0.3, 0.4) is 0 Å². The van der Waals surface area contributed by atoms with Gasteiger partial charge in [0, 0.05) is 6.42 Å². The molecule has 0 saturated carbocycles. The molecule has 1 aromatic carbocycles. The quantitative estimate of drug-likeness (QED) is 0.578. The molecule has 0 aliphatic rings. The summed E-state index contributed by atoms with van der Waals surface area (Å²) in [6.07, 6.45) is 0.193. The van der Waals surface area contributed by atoms with Crippen LogP contribution in [0.15, 0.2) is 18.2 Å². The predicted octanol–water partition coefficient (Wildman–Crippen LogP) is 2.73. The van der Waals surface area contributed by atoms with E-state index in [1.54, 1.807) is 6.92 Å². The van der Waals surface area contributed by atoms with E-state index in [1.165, 1.54) is 6.07 Å². The molecule has 0 fully saturated rings. The van der Waals surface area contributed by atoms with Crippen LogP contribution in [0.1, 0.15) is 13.3 Å². The van der Waals surface area contributed by atoms with Gasteiger partial charge in [-0.05, 0) is 18.2 Å². The van der Waals surface area contributed by atoms with Crippen LogP contribution in [-0.2, 0) is 9.68 Å². The molecule has 0 aromatic heterocycles. The fourth-order valence-electron chi connectivity index (χ4n) is 0.693. The van der Waals surface area contributed by atoms with Crippen molar-refractivity contribution >= 4 is 17.6 Å². The Balaban J connectivity index is 2.63. The topological polar surface area (TPSA) is 35.5 Å². The Morgan fingerprint density at radius 1 is 1.57 bits per heavy atom. The van der Waals surface area contributed by atoms with Gasteiger partial charge in [-0.1, -0.05) is 18.5 Å². The maximum atomic E-state index is 12.6. The number of rotatable bonds is 3. The first-order valence-corrected chi connectivity index (χ1v) is 4.33. The molecule has 0 atom stereocenters. The van der Waals surface area contributed by atoms with Gasteiger partial charge in [-0.3, -0.25) is 9.78 Å². The predicted molar refractivity (Wildman–Crippen MR) is 48.4 cm³/mol. The minimum absolute atomic E-state index is 0.0499. The van der Waals surface area contributed by atoms with Gasteiger partial charge in [0.05, 0.1) is 5.02 Å². The van der Waals surface area contributed by atoms with Gasteiger partial charge >= 0.3 is 5.97 Å². The van der Waals surface area contributed by atoms with Crippen molar-refractivity contribution < 1.29 is 19.0 Å². The Bertz CT molecular complexity index is 341. The van der Waals surface area contributed by atoms with Gasteiger partial charge in [-0.15, -0.1) is 0 Å². The first kappa shape index (κ1) is 10.8. The highest BCUT2D eigenvalue weighted by molar-refractivity contribution is 6.32. The van der Waals surface area contributed by atoms with Crippen LogP contribution in [0.4, 0.5) is 4.39 Å². The van der Waals surface area contributed by atoms with Gasteiger partial charge in [0.15, 0.2) is 5.75 Å². The highest BCUT2D eigenvalue weighted by Crippen LogP contribution is 2.24. The van der Waals surface area contributed by atoms with E-state index >= 15 is 0 Å². The van der Waals surface area contributed by atoms with E-state index in [-0.39, 0.29) is 17.2 Å². The summed E-state index contributed by atoms with van der Waals surface area (Å²) >= 11 is 5.60. The second kappa shape index (κ2) is 4.81. The molecule has 5 heteroatoms. The molecule has 76 valence electrons. The largest absolute Gasteiger partial charge is 0.355 e. The summed E-state index contributed by atoms with van der Waals surface area (Å²) < 4.78 is 12.6. The first-order chi connectivity index (χ1) is 6.63. The molecule has 14 heavy (non-hydrogen) atoms. The van der Waals surface area contributed by atoms with Crippen molar-refractivity contribution in [2.24, 2.45) is 0 Å². The average Bonchev–Trinajstić information content (AvgIpc) is 2.16. The van der Waals surface area contributed by atoms with Crippen LogP contribution in [0.2, 0.25) is 5.02 Å². The lowest BCUT2D eigenvalue weighted by Gasteiger charge is -2.04. The van der Waals surface area contributed by atoms with Crippen LogP contribution in [0, 0.1) is 5.82 Å². The van der Waals surface area contributed by atoms with Crippen molar-refractivity contribution in [1.29, 1.82) is 0 Å². The van der Waals surface area contributed by atoms with E-state index in [0.29, 0.717) is 0 Å². The summed E-state index contributed by atoms with van der Waals surface area (Å²) in [5.74, 6) is -0.899. The SMILES string of the molecule is CCC(=O)OOc1ccc(F)cc1Cl. The summed E-state index contributed by atoms with van der Waals surface area (Å²) in [5, 5.41) is 0.0499. The summed E-state index contributed by atoms with van der Waals surface area (Å²) in [5.41, 5.74) is 0. The van der Waals surface area contributed by atoms with Crippen LogP contribution >= 0.6 is 11.6 Å². The molecule has 0 N–H and O–H groups in total. The number of hydrogen-bond acceptors (Lipinski definition) is 3. The van der Waals surface area contributed by atoms with Crippen LogP contribution in [-0.4, -0.2) is 5.97 Å². The number of hydrogen-bond donors (Lipinski definition) is 0. The molecule has 0 saturated heterocycles. The van der Waals surface area contributed by atoms with Crippen molar-refractivity contribution in [3.05, 3.63) is 29.0 Å². The Morgan fingerprint density at radius 3 is 2.86 bits per heavy atom. The Hall–Kier alpha value is -1.29. The minimum Gasteiger partial charge on any atom is -0.285 e. The van der Waals surface area contributed by atoms with E-state index in [1.807, 2.05) is 0 Å². The van der Waals surface area contributed by atoms with Gasteiger partial charge in [0.25, 0.3) is 0 Å². The van der Waals surface area contributed by atoms with Crippen LogP contribution < -0.4 is 4.89 Å². The lowest BCUT2D eigenvalue weighted by Crippen LogP contribution is -2.06. The number of benzene rings is 1. The highest BCUT2D eigenvalue weighted by atomic mass is 35.5. The average molecular weight is 219 g/mol. The molecule has 0 aliphatic heterocycles. The molecular weight excluding hydrogens is 211 g/mol. The van der Waals surface area contributed by atoms with E-state index in [4.69, 9.17) is 11.6 Å². The number of carbonyl (C=O) groups excluding carboxylic acids is 1. The number of halogens is 2. The fraction of sp³-hybridized carbons (Fsp3) is 0.222. The normalized spacial score (nSPS) is 9.64. The van der Waals surface area contributed by atoms with Gasteiger partial charge in [0.1, 0.15) is 5.82 Å². The van der Waals surface area contributed by atoms with Crippen molar-refractivity contribution in [2.75, 3.05) is 0 Å². The zero-order valence-electron chi connectivity index (χ0n) is 7.42. The van der Waals surface area contributed by atoms with E-state index in [9.17, 15) is 9.18 Å². The third-order valence-corrected chi connectivity index (χ3v) is 1.70. The minimum atomic E-state index is -0.523. The van der Waals surface area contributed by atoms with Crippen LogP contribution in [0.25, 0.3) is 0 Å². The molecule has 0 spiro atoms. The number of carbonyl (C=O) groups is 1. The van der Waals surface area contributed by atoms with Crippen molar-refractivity contribution in [1.82, 2.24) is 0 Å². The Kier molecular flexibility index (Phi) is 3.71. The molecule has 3 nitrogen and oxygen atoms in total. The summed E-state index contributed by atoms with van der Waals surface area (Å²) in [4.78, 5) is 19.6. The Morgan fingerprint density at radius 2 is 2.29 bits per heavy atom. The van der Waals surface area contributed by atoms with E-state index in [0.717, 1.165) is 12.1 Å². The summed E-state index contributed by atoms with van der Waals surface area (Å²) in [6.45, 7) is 1.62. The molecular formula is C9H8ClFO3. The highest BCUT2D eigenvalue weighted by Gasteiger charge is 2.06. The second-order valence-electron chi connectivity index (χ2n) is 2.47. The molecule has 1 aromatic rings. The second-order valence-corrected chi connectivity index (χ2v) is 2.87. The molecule has 0 radical (unpaired) electrons. The molecule has 1 rings (SSSR count). The van der Waals surface area contributed by atoms with Crippen LogP contribution in [0.5, 0.6) is 5.75 Å². The zero-order valence-corrected chi connectivity index (χ0v) is 8.18. The summed E-state index contributed by atoms with van der Waals surface area (Å²) in [7, 11) is 0. The standard InChI is InChI=1S/C9H8ClFO3/c1-2-9(12)14-13-8-4-3-6(11)5-7(8)10/h3-5H,2H2,1H3. The van der Waals surface area contributed by atoms with Gasteiger partial charge in [0.2, 0.25) is 0 Å². The molecule has 0 unspecified atom stereocenters. The lowest BCUT2D eigenvalue weighted by atomic mass is 10.3. The lowest BCUT2D eigenvalue weighted by molar-refractivity contribution is -0.213. The van der Waals surface area contributed by atoms with Crippen molar-refractivity contribution in [2.45, 2.75) is 13.3 Å². The van der Waals surface area contributed by atoms with Crippen molar-refractivity contribution in [3.63, 3.8) is 0 Å². The maximum absolute atomic E-state index is 12.6. The summed E-state index contributed by atoms with van der Waals surface area (Å²) in [6, 6.07) is 3.50. The maximum Gasteiger partial charge on any atom is 0.355 e. The molecule has 0 bridgehead atoms. The molecule has 0 amide bonds. The smallest absolute Gasteiger partial charge is 0.285 e. The third kappa shape index (κ3) is 2.88. The zero-order chi connectivity index (χ0) is 10.6. The van der Waals surface area contributed by atoms with Gasteiger partial charge in [-0.25, -0.2) is 9.18 Å².